The number of rotatable bonds is 3. The summed E-state index contributed by atoms with van der Waals surface area (Å²) >= 11 is 0. The van der Waals surface area contributed by atoms with E-state index in [9.17, 15) is 4.79 Å². The van der Waals surface area contributed by atoms with E-state index in [0.29, 0.717) is 24.4 Å². The minimum absolute atomic E-state index is 0.00795. The lowest BCUT2D eigenvalue weighted by molar-refractivity contribution is -0.00183. The Morgan fingerprint density at radius 2 is 1.91 bits per heavy atom. The van der Waals surface area contributed by atoms with Crippen LogP contribution in [-0.2, 0) is 12.6 Å². The van der Waals surface area contributed by atoms with Gasteiger partial charge in [-0.1, -0.05) is 23.8 Å². The van der Waals surface area contributed by atoms with Crippen LogP contribution in [0.1, 0.15) is 48.2 Å². The lowest BCUT2D eigenvalue weighted by Gasteiger charge is -2.44. The Hall–Kier alpha value is -3.28. The SMILES string of the molecule is Cc1ccc(OC(C)C)c(C(=O)N2CCC3(CC2)Oc2ccccc2-c2c3cnn2C)c1. The van der Waals surface area contributed by atoms with E-state index in [-0.39, 0.29) is 12.0 Å². The average molecular weight is 432 g/mol. The third-order valence-electron chi connectivity index (χ3n) is 6.46. The highest BCUT2D eigenvalue weighted by atomic mass is 16.5. The van der Waals surface area contributed by atoms with Crippen LogP contribution in [0.5, 0.6) is 11.5 Å². The Labute approximate surface area is 188 Å². The summed E-state index contributed by atoms with van der Waals surface area (Å²) in [5.74, 6) is 1.55. The molecular formula is C26H29N3O3. The van der Waals surface area contributed by atoms with Gasteiger partial charge in [0, 0.05) is 44.1 Å². The van der Waals surface area contributed by atoms with Crippen molar-refractivity contribution in [3.63, 3.8) is 0 Å². The van der Waals surface area contributed by atoms with Gasteiger partial charge in [-0.2, -0.15) is 5.10 Å². The van der Waals surface area contributed by atoms with Crippen LogP contribution in [0.4, 0.5) is 0 Å². The smallest absolute Gasteiger partial charge is 0.257 e. The van der Waals surface area contributed by atoms with Crippen LogP contribution >= 0.6 is 0 Å². The van der Waals surface area contributed by atoms with E-state index in [1.807, 2.05) is 80.0 Å². The number of hydrogen-bond donors (Lipinski definition) is 0. The normalized spacial score (nSPS) is 16.5. The summed E-state index contributed by atoms with van der Waals surface area (Å²) < 4.78 is 14.5. The average Bonchev–Trinajstić information content (AvgIpc) is 3.18. The minimum Gasteiger partial charge on any atom is -0.490 e. The molecule has 1 amide bonds. The second kappa shape index (κ2) is 7.69. The van der Waals surface area contributed by atoms with Gasteiger partial charge in [-0.25, -0.2) is 0 Å². The number of likely N-dealkylation sites (tertiary alicyclic amines) is 1. The zero-order valence-corrected chi connectivity index (χ0v) is 19.1. The third-order valence-corrected chi connectivity index (χ3v) is 6.46. The number of para-hydroxylation sites is 1. The van der Waals surface area contributed by atoms with Gasteiger partial charge in [-0.15, -0.1) is 0 Å². The van der Waals surface area contributed by atoms with Crippen molar-refractivity contribution in [1.82, 2.24) is 14.7 Å². The van der Waals surface area contributed by atoms with E-state index >= 15 is 0 Å². The number of benzene rings is 2. The van der Waals surface area contributed by atoms with Crippen LogP contribution < -0.4 is 9.47 Å². The first kappa shape index (κ1) is 20.6. The molecule has 0 aliphatic carbocycles. The topological polar surface area (TPSA) is 56.6 Å². The molecule has 6 heteroatoms. The highest BCUT2D eigenvalue weighted by Crippen LogP contribution is 2.49. The van der Waals surface area contributed by atoms with E-state index in [1.165, 1.54) is 0 Å². The van der Waals surface area contributed by atoms with Crippen molar-refractivity contribution in [3.8, 4) is 22.8 Å². The molecule has 2 aromatic carbocycles. The number of carbonyl (C=O) groups is 1. The Kier molecular flexibility index (Phi) is 4.96. The molecule has 5 rings (SSSR count). The maximum atomic E-state index is 13.5. The van der Waals surface area contributed by atoms with Crippen LogP contribution in [0.15, 0.2) is 48.7 Å². The number of amides is 1. The van der Waals surface area contributed by atoms with Crippen molar-refractivity contribution < 1.29 is 14.3 Å². The zero-order valence-electron chi connectivity index (χ0n) is 19.1. The molecule has 0 unspecified atom stereocenters. The third kappa shape index (κ3) is 3.34. The lowest BCUT2D eigenvalue weighted by atomic mass is 9.81. The van der Waals surface area contributed by atoms with Gasteiger partial charge in [0.1, 0.15) is 17.1 Å². The number of ether oxygens (including phenoxy) is 2. The molecule has 0 N–H and O–H groups in total. The van der Waals surface area contributed by atoms with Crippen LogP contribution in [0.2, 0.25) is 0 Å². The van der Waals surface area contributed by atoms with Gasteiger partial charge in [0.25, 0.3) is 5.91 Å². The molecule has 2 aliphatic rings. The molecule has 3 aromatic rings. The molecule has 32 heavy (non-hydrogen) atoms. The van der Waals surface area contributed by atoms with Crippen LogP contribution in [0.25, 0.3) is 11.3 Å². The van der Waals surface area contributed by atoms with Gasteiger partial charge in [-0.3, -0.25) is 9.48 Å². The number of piperidine rings is 1. The first-order chi connectivity index (χ1) is 15.4. The molecule has 1 fully saturated rings. The van der Waals surface area contributed by atoms with Crippen molar-refractivity contribution in [2.45, 2.75) is 45.3 Å². The largest absolute Gasteiger partial charge is 0.490 e. The number of carbonyl (C=O) groups excluding carboxylic acids is 1. The number of fused-ring (bicyclic) bond motifs is 4. The number of aryl methyl sites for hydroxylation is 2. The number of hydrogen-bond acceptors (Lipinski definition) is 4. The van der Waals surface area contributed by atoms with E-state index < -0.39 is 5.60 Å². The van der Waals surface area contributed by atoms with E-state index in [4.69, 9.17) is 9.47 Å². The Morgan fingerprint density at radius 3 is 2.66 bits per heavy atom. The van der Waals surface area contributed by atoms with Crippen molar-refractivity contribution in [3.05, 3.63) is 65.4 Å². The fourth-order valence-corrected chi connectivity index (χ4v) is 4.89. The van der Waals surface area contributed by atoms with Crippen molar-refractivity contribution >= 4 is 5.91 Å². The minimum atomic E-state index is -0.460. The maximum absolute atomic E-state index is 13.5. The Bertz CT molecular complexity index is 1170. The fourth-order valence-electron chi connectivity index (χ4n) is 4.89. The zero-order chi connectivity index (χ0) is 22.5. The number of nitrogens with zero attached hydrogens (tertiary/aromatic N) is 3. The number of aromatic nitrogens is 2. The van der Waals surface area contributed by atoms with Crippen molar-refractivity contribution in [2.24, 2.45) is 7.05 Å². The molecule has 166 valence electrons. The Morgan fingerprint density at radius 1 is 1.16 bits per heavy atom. The molecule has 0 bridgehead atoms. The van der Waals surface area contributed by atoms with Crippen LogP contribution in [0, 0.1) is 6.92 Å². The standard InChI is InChI=1S/C26H29N3O3/c1-17(2)31-22-10-9-18(3)15-20(22)25(30)29-13-11-26(12-14-29)21-16-27-28(4)24(21)19-7-5-6-8-23(19)32-26/h5-10,15-17H,11-14H2,1-4H3. The van der Waals surface area contributed by atoms with Gasteiger partial charge in [-0.05, 0) is 45.0 Å². The second-order valence-corrected chi connectivity index (χ2v) is 9.08. The predicted octanol–water partition coefficient (Wildman–Crippen LogP) is 4.71. The molecule has 2 aliphatic heterocycles. The summed E-state index contributed by atoms with van der Waals surface area (Å²) in [5, 5.41) is 4.54. The lowest BCUT2D eigenvalue weighted by Crippen LogP contribution is -2.49. The molecular weight excluding hydrogens is 402 g/mol. The van der Waals surface area contributed by atoms with Crippen LogP contribution in [-0.4, -0.2) is 39.8 Å². The predicted molar refractivity (Wildman–Crippen MR) is 123 cm³/mol. The van der Waals surface area contributed by atoms with Crippen molar-refractivity contribution in [2.75, 3.05) is 13.1 Å². The van der Waals surface area contributed by atoms with Crippen molar-refractivity contribution in [1.29, 1.82) is 0 Å². The highest BCUT2D eigenvalue weighted by Gasteiger charge is 2.46. The fraction of sp³-hybridized carbons (Fsp3) is 0.385. The molecule has 0 saturated carbocycles. The van der Waals surface area contributed by atoms with Gasteiger partial charge in [0.05, 0.1) is 23.6 Å². The second-order valence-electron chi connectivity index (χ2n) is 9.08. The summed E-state index contributed by atoms with van der Waals surface area (Å²) in [6.45, 7) is 7.18. The molecule has 1 aromatic heterocycles. The van der Waals surface area contributed by atoms with Gasteiger partial charge in [0.15, 0.2) is 0 Å². The molecule has 1 spiro atoms. The first-order valence-corrected chi connectivity index (χ1v) is 11.3. The van der Waals surface area contributed by atoms with Gasteiger partial charge < -0.3 is 14.4 Å². The quantitative estimate of drug-likeness (QED) is 0.603. The molecule has 3 heterocycles. The summed E-state index contributed by atoms with van der Waals surface area (Å²) in [6, 6.07) is 13.9. The summed E-state index contributed by atoms with van der Waals surface area (Å²) in [6.07, 6.45) is 3.38. The van der Waals surface area contributed by atoms with Gasteiger partial charge >= 0.3 is 0 Å². The summed E-state index contributed by atoms with van der Waals surface area (Å²) in [5.41, 5.74) is 4.51. The summed E-state index contributed by atoms with van der Waals surface area (Å²) in [4.78, 5) is 15.4. The monoisotopic (exact) mass is 431 g/mol. The maximum Gasteiger partial charge on any atom is 0.257 e. The summed E-state index contributed by atoms with van der Waals surface area (Å²) in [7, 11) is 1.97. The molecule has 0 atom stereocenters. The highest BCUT2D eigenvalue weighted by molar-refractivity contribution is 5.97. The van der Waals surface area contributed by atoms with E-state index in [2.05, 4.69) is 11.2 Å². The molecule has 0 radical (unpaired) electrons. The Balaban J connectivity index is 1.42. The van der Waals surface area contributed by atoms with Crippen LogP contribution in [0.3, 0.4) is 0 Å². The van der Waals surface area contributed by atoms with E-state index in [0.717, 1.165) is 41.0 Å². The van der Waals surface area contributed by atoms with E-state index in [1.54, 1.807) is 0 Å². The molecule has 6 nitrogen and oxygen atoms in total. The van der Waals surface area contributed by atoms with Gasteiger partial charge in [0.2, 0.25) is 0 Å². The molecule has 1 saturated heterocycles. The first-order valence-electron chi connectivity index (χ1n) is 11.3.